The second-order valence-electron chi connectivity index (χ2n) is 6.29. The number of azide groups is 1. The fourth-order valence-corrected chi connectivity index (χ4v) is 3.00. The maximum absolute atomic E-state index is 9.90. The summed E-state index contributed by atoms with van der Waals surface area (Å²) in [6.07, 6.45) is -2.63. The van der Waals surface area contributed by atoms with Crippen molar-refractivity contribution in [1.29, 1.82) is 0 Å². The minimum absolute atomic E-state index is 0.0368. The van der Waals surface area contributed by atoms with E-state index in [1.165, 1.54) is 0 Å². The van der Waals surface area contributed by atoms with Gasteiger partial charge in [-0.1, -0.05) is 25.9 Å². The van der Waals surface area contributed by atoms with E-state index >= 15 is 0 Å². The van der Waals surface area contributed by atoms with Crippen LogP contribution in [0.15, 0.2) is 5.11 Å². The van der Waals surface area contributed by atoms with Crippen LogP contribution in [-0.2, 0) is 9.16 Å². The quantitative estimate of drug-likeness (QED) is 0.356. The van der Waals surface area contributed by atoms with E-state index < -0.39 is 32.9 Å². The summed E-state index contributed by atoms with van der Waals surface area (Å²) in [6.45, 7) is 9.99. The molecule has 0 amide bonds. The highest BCUT2D eigenvalue weighted by Gasteiger charge is 2.49. The summed E-state index contributed by atoms with van der Waals surface area (Å²) in [7, 11) is -2.13. The van der Waals surface area contributed by atoms with Crippen LogP contribution in [-0.4, -0.2) is 49.7 Å². The number of aliphatic hydroxyl groups excluding tert-OH is 2. The summed E-state index contributed by atoms with van der Waals surface area (Å²) >= 11 is 0. The van der Waals surface area contributed by atoms with E-state index in [0.717, 1.165) is 0 Å². The third-order valence-corrected chi connectivity index (χ3v) is 8.39. The molecule has 0 saturated carbocycles. The molecular weight excluding hydrogens is 266 g/mol. The van der Waals surface area contributed by atoms with Crippen molar-refractivity contribution in [3.05, 3.63) is 10.4 Å². The van der Waals surface area contributed by atoms with Crippen LogP contribution in [0.5, 0.6) is 0 Å². The molecule has 0 aliphatic carbocycles. The Kier molecular flexibility index (Phi) is 5.00. The van der Waals surface area contributed by atoms with Gasteiger partial charge in [-0.25, -0.2) is 0 Å². The fraction of sp³-hybridized carbons (Fsp3) is 1.00. The van der Waals surface area contributed by atoms with Crippen LogP contribution >= 0.6 is 0 Å². The highest BCUT2D eigenvalue weighted by molar-refractivity contribution is 6.74. The third-order valence-electron chi connectivity index (χ3n) is 3.91. The van der Waals surface area contributed by atoms with Gasteiger partial charge in [-0.05, 0) is 23.7 Å². The number of nitrogens with zero attached hydrogens (tertiary/aromatic N) is 3. The van der Waals surface area contributed by atoms with E-state index in [1.54, 1.807) is 0 Å². The molecule has 1 rings (SSSR count). The molecule has 0 spiro atoms. The molecule has 0 radical (unpaired) electrons. The minimum atomic E-state index is -2.13. The van der Waals surface area contributed by atoms with Gasteiger partial charge in [0.25, 0.3) is 0 Å². The summed E-state index contributed by atoms with van der Waals surface area (Å²) in [4.78, 5) is 2.75. The predicted octanol–water partition coefficient (Wildman–Crippen LogP) is 1.77. The van der Waals surface area contributed by atoms with Crippen molar-refractivity contribution < 1.29 is 19.4 Å². The summed E-state index contributed by atoms with van der Waals surface area (Å²) in [5.74, 6) is 0. The van der Waals surface area contributed by atoms with Crippen molar-refractivity contribution >= 4 is 8.32 Å². The molecule has 0 aromatic heterocycles. The van der Waals surface area contributed by atoms with E-state index in [4.69, 9.17) is 14.7 Å². The monoisotopic (exact) mass is 289 g/mol. The first kappa shape index (κ1) is 16.4. The predicted molar refractivity (Wildman–Crippen MR) is 73.0 cm³/mol. The average molecular weight is 289 g/mol. The second-order valence-corrected chi connectivity index (χ2v) is 11.0. The lowest BCUT2D eigenvalue weighted by molar-refractivity contribution is -0.130. The van der Waals surface area contributed by atoms with E-state index in [0.29, 0.717) is 0 Å². The van der Waals surface area contributed by atoms with Crippen LogP contribution in [0.25, 0.3) is 10.4 Å². The maximum Gasteiger partial charge on any atom is 0.192 e. The van der Waals surface area contributed by atoms with Gasteiger partial charge < -0.3 is 19.4 Å². The molecular formula is C11H23N3O4Si. The normalized spacial score (nSPS) is 32.2. The zero-order valence-corrected chi connectivity index (χ0v) is 13.1. The zero-order chi connectivity index (χ0) is 14.8. The van der Waals surface area contributed by atoms with Crippen LogP contribution in [0.3, 0.4) is 0 Å². The number of aliphatic hydroxyl groups is 2. The first-order valence-electron chi connectivity index (χ1n) is 6.30. The second kappa shape index (κ2) is 5.78. The van der Waals surface area contributed by atoms with Gasteiger partial charge in [0.2, 0.25) is 0 Å². The third kappa shape index (κ3) is 3.47. The molecule has 110 valence electrons. The maximum atomic E-state index is 9.90. The van der Waals surface area contributed by atoms with Crippen molar-refractivity contribution in [2.24, 2.45) is 5.11 Å². The number of hydrogen-bond donors (Lipinski definition) is 2. The molecule has 1 fully saturated rings. The zero-order valence-electron chi connectivity index (χ0n) is 12.1. The van der Waals surface area contributed by atoms with Crippen LogP contribution in [0.2, 0.25) is 18.1 Å². The Morgan fingerprint density at radius 2 is 2.00 bits per heavy atom. The summed E-state index contributed by atoms with van der Waals surface area (Å²) in [6, 6.07) is -0.709. The van der Waals surface area contributed by atoms with Crippen molar-refractivity contribution in [3.63, 3.8) is 0 Å². The van der Waals surface area contributed by atoms with E-state index in [-0.39, 0.29) is 11.6 Å². The Morgan fingerprint density at radius 3 is 2.42 bits per heavy atom. The van der Waals surface area contributed by atoms with Crippen LogP contribution < -0.4 is 0 Å². The first-order valence-corrected chi connectivity index (χ1v) is 9.21. The highest BCUT2D eigenvalue weighted by Crippen LogP contribution is 2.39. The lowest BCUT2D eigenvalue weighted by Gasteiger charge is -2.39. The van der Waals surface area contributed by atoms with E-state index in [9.17, 15) is 10.2 Å². The molecule has 8 heteroatoms. The largest absolute Gasteiger partial charge is 0.408 e. The Hall–Kier alpha value is -0.633. The molecule has 19 heavy (non-hydrogen) atoms. The minimum Gasteiger partial charge on any atom is -0.408 e. The first-order chi connectivity index (χ1) is 8.64. The van der Waals surface area contributed by atoms with Gasteiger partial charge in [-0.3, -0.25) is 0 Å². The van der Waals surface area contributed by atoms with Gasteiger partial charge in [0, 0.05) is 4.91 Å². The summed E-state index contributed by atoms with van der Waals surface area (Å²) in [5, 5.41) is 22.7. The molecule has 0 bridgehead atoms. The smallest absolute Gasteiger partial charge is 0.192 e. The van der Waals surface area contributed by atoms with Crippen LogP contribution in [0.4, 0.5) is 0 Å². The molecule has 0 unspecified atom stereocenters. The van der Waals surface area contributed by atoms with Gasteiger partial charge in [-0.2, -0.15) is 0 Å². The van der Waals surface area contributed by atoms with Gasteiger partial charge in [0.1, 0.15) is 6.10 Å². The van der Waals surface area contributed by atoms with Gasteiger partial charge in [-0.15, -0.1) is 0 Å². The number of ether oxygens (including phenoxy) is 1. The molecule has 2 N–H and O–H groups in total. The molecule has 1 heterocycles. The molecule has 4 atom stereocenters. The lowest BCUT2D eigenvalue weighted by atomic mass is 10.1. The number of hydrogen-bond acceptors (Lipinski definition) is 5. The molecule has 0 aromatic rings. The molecule has 0 aromatic carbocycles. The van der Waals surface area contributed by atoms with Crippen molar-refractivity contribution in [1.82, 2.24) is 0 Å². The molecule has 7 nitrogen and oxygen atoms in total. The molecule has 1 aliphatic rings. The van der Waals surface area contributed by atoms with E-state index in [2.05, 4.69) is 30.8 Å². The lowest BCUT2D eigenvalue weighted by Crippen LogP contribution is -2.49. The Bertz CT molecular complexity index is 365. The summed E-state index contributed by atoms with van der Waals surface area (Å²) in [5.41, 5.74) is 8.60. The van der Waals surface area contributed by atoms with Crippen molar-refractivity contribution in [2.75, 3.05) is 6.61 Å². The topological polar surface area (TPSA) is 108 Å². The standard InChI is InChI=1S/C11H23N3O4Si/c1-11(2,3)19(4,5)18-9-8(13-14-12)7(6-15)17-10(9)16/h7-10,15-16H,6H2,1-5H3/t7-,8+,9-,10+/m1/s1. The molecule has 1 aliphatic heterocycles. The fourth-order valence-electron chi connectivity index (χ4n) is 1.71. The Balaban J connectivity index is 2.94. The number of rotatable bonds is 4. The Labute approximate surface area is 114 Å². The van der Waals surface area contributed by atoms with Crippen molar-refractivity contribution in [3.8, 4) is 0 Å². The van der Waals surface area contributed by atoms with Gasteiger partial charge in [0.05, 0.1) is 18.8 Å². The van der Waals surface area contributed by atoms with Crippen LogP contribution in [0, 0.1) is 0 Å². The Morgan fingerprint density at radius 1 is 1.42 bits per heavy atom. The van der Waals surface area contributed by atoms with Crippen LogP contribution in [0.1, 0.15) is 20.8 Å². The molecule has 1 saturated heterocycles. The van der Waals surface area contributed by atoms with Gasteiger partial charge >= 0.3 is 0 Å². The summed E-state index contributed by atoms with van der Waals surface area (Å²) < 4.78 is 11.2. The van der Waals surface area contributed by atoms with E-state index in [1.807, 2.05) is 13.1 Å². The van der Waals surface area contributed by atoms with Gasteiger partial charge in [0.15, 0.2) is 14.6 Å². The van der Waals surface area contributed by atoms with Crippen molar-refractivity contribution in [2.45, 2.75) is 63.4 Å². The SMILES string of the molecule is CC(C)(C)[Si](C)(C)O[C@@H]1[C@@H](N=[N+]=[N-])[C@@H](CO)O[C@@H]1O. The average Bonchev–Trinajstić information content (AvgIpc) is 2.55. The highest BCUT2D eigenvalue weighted by atomic mass is 28.4.